The van der Waals surface area contributed by atoms with E-state index in [4.69, 9.17) is 4.74 Å². The molecule has 3 aliphatic rings. The quantitative estimate of drug-likeness (QED) is 0.399. The van der Waals surface area contributed by atoms with Crippen LogP contribution in [0.15, 0.2) is 48.5 Å². The van der Waals surface area contributed by atoms with Gasteiger partial charge in [-0.1, -0.05) is 50.0 Å². The van der Waals surface area contributed by atoms with Gasteiger partial charge in [0.05, 0.1) is 19.3 Å². The number of hydrogen-bond donors (Lipinski definition) is 3. The van der Waals surface area contributed by atoms with Crippen LogP contribution < -0.4 is 16.0 Å². The van der Waals surface area contributed by atoms with Crippen molar-refractivity contribution < 1.29 is 23.5 Å². The highest BCUT2D eigenvalue weighted by molar-refractivity contribution is 5.89. The standard InChI is InChI=1S/C34H42FN5O4/c1-23(2)34(43)40-22-29(38-32(41)30-17-28(35)20-36-30)18-31(40)33(42)37-19-26-9-5-24(6-10-26)3-4-25-7-11-27(12-8-25)21-39-13-15-44-16-14-39/h5-12,23,28-31,36H,13-22H2,1-2H3,(H,37,42)(H,38,41)/t28-,29+,30-,31+/m0/s1. The van der Waals surface area contributed by atoms with Crippen molar-refractivity contribution in [2.45, 2.75) is 64.1 Å². The first kappa shape index (κ1) is 31.6. The Hall–Kier alpha value is -3.78. The summed E-state index contributed by atoms with van der Waals surface area (Å²) in [7, 11) is 0. The first-order valence-corrected chi connectivity index (χ1v) is 15.5. The monoisotopic (exact) mass is 603 g/mol. The lowest BCUT2D eigenvalue weighted by Gasteiger charge is -2.26. The molecule has 3 amide bonds. The van der Waals surface area contributed by atoms with Crippen molar-refractivity contribution in [2.24, 2.45) is 5.92 Å². The normalized spacial score (nSPS) is 23.7. The fraction of sp³-hybridized carbons (Fsp3) is 0.500. The molecule has 2 aromatic carbocycles. The molecule has 9 nitrogen and oxygen atoms in total. The van der Waals surface area contributed by atoms with Crippen LogP contribution in [-0.2, 0) is 32.2 Å². The molecule has 4 atom stereocenters. The number of hydrogen-bond acceptors (Lipinski definition) is 6. The molecule has 44 heavy (non-hydrogen) atoms. The second-order valence-electron chi connectivity index (χ2n) is 12.1. The Morgan fingerprint density at radius 2 is 1.59 bits per heavy atom. The van der Waals surface area contributed by atoms with E-state index >= 15 is 0 Å². The molecular formula is C34H42FN5O4. The van der Waals surface area contributed by atoms with Crippen LogP contribution in [0, 0.1) is 17.8 Å². The number of ether oxygens (including phenoxy) is 1. The molecule has 10 heteroatoms. The molecule has 3 saturated heterocycles. The summed E-state index contributed by atoms with van der Waals surface area (Å²) in [6.45, 7) is 8.70. The lowest BCUT2D eigenvalue weighted by atomic mass is 10.1. The molecule has 3 heterocycles. The summed E-state index contributed by atoms with van der Waals surface area (Å²) in [5.74, 6) is 5.43. The van der Waals surface area contributed by atoms with Gasteiger partial charge in [-0.3, -0.25) is 19.3 Å². The molecule has 0 unspecified atom stereocenters. The number of nitrogens with one attached hydrogen (secondary N) is 3. The van der Waals surface area contributed by atoms with Crippen molar-refractivity contribution in [1.29, 1.82) is 0 Å². The average molecular weight is 604 g/mol. The van der Waals surface area contributed by atoms with Crippen LogP contribution >= 0.6 is 0 Å². The summed E-state index contributed by atoms with van der Waals surface area (Å²) < 4.78 is 19.0. The number of benzene rings is 2. The molecule has 3 fully saturated rings. The van der Waals surface area contributed by atoms with Gasteiger partial charge in [0.15, 0.2) is 0 Å². The largest absolute Gasteiger partial charge is 0.379 e. The fourth-order valence-corrected chi connectivity index (χ4v) is 5.83. The van der Waals surface area contributed by atoms with Crippen molar-refractivity contribution in [2.75, 3.05) is 39.4 Å². The maximum atomic E-state index is 13.5. The summed E-state index contributed by atoms with van der Waals surface area (Å²) in [6.07, 6.45) is -0.606. The zero-order valence-electron chi connectivity index (χ0n) is 25.5. The van der Waals surface area contributed by atoms with Gasteiger partial charge in [0.1, 0.15) is 12.2 Å². The van der Waals surface area contributed by atoms with Gasteiger partial charge in [-0.15, -0.1) is 0 Å². The summed E-state index contributed by atoms with van der Waals surface area (Å²) in [6, 6.07) is 14.4. The molecule has 0 aromatic heterocycles. The van der Waals surface area contributed by atoms with Gasteiger partial charge in [0.2, 0.25) is 17.7 Å². The third-order valence-electron chi connectivity index (χ3n) is 8.36. The maximum absolute atomic E-state index is 13.5. The lowest BCUT2D eigenvalue weighted by Crippen LogP contribution is -2.47. The Kier molecular flexibility index (Phi) is 10.6. The Balaban J connectivity index is 1.12. The second-order valence-corrected chi connectivity index (χ2v) is 12.1. The molecule has 0 saturated carbocycles. The zero-order valence-corrected chi connectivity index (χ0v) is 25.5. The predicted octanol–water partition coefficient (Wildman–Crippen LogP) is 1.98. The van der Waals surface area contributed by atoms with Crippen molar-refractivity contribution in [1.82, 2.24) is 25.8 Å². The molecule has 234 valence electrons. The number of morpholine rings is 1. The van der Waals surface area contributed by atoms with E-state index in [9.17, 15) is 18.8 Å². The Morgan fingerprint density at radius 1 is 0.955 bits per heavy atom. The summed E-state index contributed by atoms with van der Waals surface area (Å²) in [5.41, 5.74) is 3.99. The van der Waals surface area contributed by atoms with E-state index in [-0.39, 0.29) is 49.2 Å². The molecule has 0 bridgehead atoms. The van der Waals surface area contributed by atoms with Crippen LogP contribution in [0.1, 0.15) is 48.9 Å². The highest BCUT2D eigenvalue weighted by Gasteiger charge is 2.41. The molecule has 0 aliphatic carbocycles. The topological polar surface area (TPSA) is 103 Å². The third kappa shape index (κ3) is 8.44. The van der Waals surface area contributed by atoms with Crippen LogP contribution in [0.2, 0.25) is 0 Å². The number of rotatable bonds is 8. The van der Waals surface area contributed by atoms with E-state index < -0.39 is 18.3 Å². The van der Waals surface area contributed by atoms with Crippen molar-refractivity contribution in [3.63, 3.8) is 0 Å². The maximum Gasteiger partial charge on any atom is 0.243 e. The van der Waals surface area contributed by atoms with E-state index in [0.717, 1.165) is 49.5 Å². The smallest absolute Gasteiger partial charge is 0.243 e. The number of halogens is 1. The molecule has 3 aliphatic heterocycles. The molecular weight excluding hydrogens is 561 g/mol. The van der Waals surface area contributed by atoms with Crippen LogP contribution in [0.3, 0.4) is 0 Å². The first-order chi connectivity index (χ1) is 21.2. The number of likely N-dealkylation sites (tertiary alicyclic amines) is 1. The van der Waals surface area contributed by atoms with Gasteiger partial charge in [-0.05, 0) is 41.8 Å². The fourth-order valence-electron chi connectivity index (χ4n) is 5.83. The molecule has 3 N–H and O–H groups in total. The van der Waals surface area contributed by atoms with Crippen molar-refractivity contribution in [3.8, 4) is 11.8 Å². The van der Waals surface area contributed by atoms with E-state index in [1.54, 1.807) is 18.7 Å². The predicted molar refractivity (Wildman–Crippen MR) is 165 cm³/mol. The number of carbonyl (C=O) groups excluding carboxylic acids is 3. The Labute approximate surface area is 258 Å². The van der Waals surface area contributed by atoms with Gasteiger partial charge < -0.3 is 25.6 Å². The van der Waals surface area contributed by atoms with Crippen LogP contribution in [0.4, 0.5) is 4.39 Å². The summed E-state index contributed by atoms with van der Waals surface area (Å²) in [4.78, 5) is 42.7. The van der Waals surface area contributed by atoms with E-state index in [1.807, 2.05) is 36.4 Å². The number of amides is 3. The minimum atomic E-state index is -1.05. The number of nitrogens with zero attached hydrogens (tertiary/aromatic N) is 2. The summed E-state index contributed by atoms with van der Waals surface area (Å²) in [5, 5.41) is 8.75. The number of alkyl halides is 1. The minimum absolute atomic E-state index is 0.129. The van der Waals surface area contributed by atoms with Gasteiger partial charge in [0, 0.05) is 68.8 Å². The molecule has 0 spiro atoms. The average Bonchev–Trinajstić information content (AvgIpc) is 3.66. The highest BCUT2D eigenvalue weighted by Crippen LogP contribution is 2.22. The Morgan fingerprint density at radius 3 is 2.18 bits per heavy atom. The SMILES string of the molecule is CC(C)C(=O)N1C[C@H](NC(=O)[C@@H]2C[C@H](F)CN2)C[C@@H]1C(=O)NCc1ccc(C#Cc2ccc(CN3CCOCC3)cc2)cc1. The van der Waals surface area contributed by atoms with E-state index in [1.165, 1.54) is 5.56 Å². The third-order valence-corrected chi connectivity index (χ3v) is 8.36. The zero-order chi connectivity index (χ0) is 31.1. The van der Waals surface area contributed by atoms with Crippen molar-refractivity contribution >= 4 is 17.7 Å². The van der Waals surface area contributed by atoms with Crippen LogP contribution in [0.5, 0.6) is 0 Å². The Bertz CT molecular complexity index is 1360. The van der Waals surface area contributed by atoms with Gasteiger partial charge >= 0.3 is 0 Å². The lowest BCUT2D eigenvalue weighted by molar-refractivity contribution is -0.140. The van der Waals surface area contributed by atoms with E-state index in [2.05, 4.69) is 44.8 Å². The van der Waals surface area contributed by atoms with Gasteiger partial charge in [0.25, 0.3) is 0 Å². The molecule has 0 radical (unpaired) electrons. The van der Waals surface area contributed by atoms with Gasteiger partial charge in [-0.2, -0.15) is 0 Å². The molecule has 2 aromatic rings. The van der Waals surface area contributed by atoms with Crippen LogP contribution in [0.25, 0.3) is 0 Å². The first-order valence-electron chi connectivity index (χ1n) is 15.5. The van der Waals surface area contributed by atoms with E-state index in [0.29, 0.717) is 13.0 Å². The van der Waals surface area contributed by atoms with Crippen LogP contribution in [-0.4, -0.2) is 91.2 Å². The highest BCUT2D eigenvalue weighted by atomic mass is 19.1. The minimum Gasteiger partial charge on any atom is -0.379 e. The number of carbonyl (C=O) groups is 3. The molecule has 5 rings (SSSR count). The van der Waals surface area contributed by atoms with Crippen molar-refractivity contribution in [3.05, 3.63) is 70.8 Å². The summed E-state index contributed by atoms with van der Waals surface area (Å²) >= 11 is 0. The van der Waals surface area contributed by atoms with Gasteiger partial charge in [-0.25, -0.2) is 4.39 Å². The second kappa shape index (κ2) is 14.8.